The molecule has 1 aromatic heterocycles. The van der Waals surface area contributed by atoms with Gasteiger partial charge in [0.05, 0.1) is 10.5 Å². The summed E-state index contributed by atoms with van der Waals surface area (Å²) in [5.74, 6) is 0.905. The number of hydrogen-bond acceptors (Lipinski definition) is 4. The minimum atomic E-state index is -0.297. The Morgan fingerprint density at radius 2 is 1.70 bits per heavy atom. The van der Waals surface area contributed by atoms with Gasteiger partial charge in [-0.25, -0.2) is 14.4 Å². The topological polar surface area (TPSA) is 47.0 Å². The zero-order valence-electron chi connectivity index (χ0n) is 17.5. The van der Waals surface area contributed by atoms with Crippen LogP contribution < -0.4 is 10.1 Å². The molecule has 0 atom stereocenters. The number of aromatic nitrogens is 2. The highest BCUT2D eigenvalue weighted by molar-refractivity contribution is 6.32. The maximum atomic E-state index is 13.4. The molecule has 0 fully saturated rings. The van der Waals surface area contributed by atoms with E-state index in [0.29, 0.717) is 16.6 Å². The molecule has 0 aliphatic heterocycles. The molecule has 0 saturated heterocycles. The van der Waals surface area contributed by atoms with Crippen LogP contribution >= 0.6 is 11.6 Å². The maximum Gasteiger partial charge on any atom is 0.141 e. The van der Waals surface area contributed by atoms with Gasteiger partial charge in [0.2, 0.25) is 0 Å². The third-order valence-corrected chi connectivity index (χ3v) is 5.52. The first kappa shape index (κ1) is 20.9. The molecule has 4 nitrogen and oxygen atoms in total. The van der Waals surface area contributed by atoms with E-state index in [9.17, 15) is 4.39 Å². The van der Waals surface area contributed by atoms with Gasteiger partial charge in [-0.15, -0.1) is 0 Å². The van der Waals surface area contributed by atoms with Gasteiger partial charge in [-0.2, -0.15) is 0 Å². The van der Waals surface area contributed by atoms with E-state index in [0.717, 1.165) is 33.3 Å². The van der Waals surface area contributed by atoms with E-state index in [4.69, 9.17) is 16.3 Å². The zero-order valence-corrected chi connectivity index (χ0v) is 18.3. The van der Waals surface area contributed by atoms with Crippen LogP contribution in [0.4, 0.5) is 15.9 Å². The van der Waals surface area contributed by atoms with Gasteiger partial charge >= 0.3 is 0 Å². The molecule has 1 N–H and O–H groups in total. The highest BCUT2D eigenvalue weighted by atomic mass is 35.5. The van der Waals surface area contributed by atoms with E-state index in [1.807, 2.05) is 30.3 Å². The van der Waals surface area contributed by atoms with Gasteiger partial charge in [0, 0.05) is 11.1 Å². The predicted octanol–water partition coefficient (Wildman–Crippen LogP) is 7.41. The lowest BCUT2D eigenvalue weighted by Gasteiger charge is -2.12. The molecule has 0 unspecified atom stereocenters. The average molecular weight is 456 g/mol. The number of halogens is 2. The summed E-state index contributed by atoms with van der Waals surface area (Å²) in [5.41, 5.74) is 4.55. The maximum absolute atomic E-state index is 13.4. The number of nitrogens with one attached hydrogen (secondary N) is 1. The number of rotatable bonds is 6. The summed E-state index contributed by atoms with van der Waals surface area (Å²) >= 11 is 6.44. The number of benzene rings is 4. The summed E-state index contributed by atoms with van der Waals surface area (Å²) in [5, 5.41) is 4.68. The Balaban J connectivity index is 1.38. The van der Waals surface area contributed by atoms with Crippen LogP contribution in [0, 0.1) is 5.82 Å². The molecular formula is C27H19ClFN3O. The second-order valence-corrected chi connectivity index (χ2v) is 7.92. The first-order valence-electron chi connectivity index (χ1n) is 10.4. The van der Waals surface area contributed by atoms with E-state index < -0.39 is 0 Å². The number of fused-ring (bicyclic) bond motifs is 1. The molecule has 0 aliphatic carbocycles. The molecule has 5 aromatic rings. The number of hydrogen-bond donors (Lipinski definition) is 1. The summed E-state index contributed by atoms with van der Waals surface area (Å²) in [6.45, 7) is 0.225. The Labute approximate surface area is 195 Å². The van der Waals surface area contributed by atoms with Crippen LogP contribution in [-0.4, -0.2) is 9.97 Å². The Morgan fingerprint density at radius 3 is 2.52 bits per heavy atom. The summed E-state index contributed by atoms with van der Waals surface area (Å²) < 4.78 is 19.1. The Bertz CT molecular complexity index is 1430. The van der Waals surface area contributed by atoms with E-state index in [2.05, 4.69) is 39.6 Å². The van der Waals surface area contributed by atoms with Crippen molar-refractivity contribution in [3.8, 4) is 16.9 Å². The van der Waals surface area contributed by atoms with Gasteiger partial charge in [0.25, 0.3) is 0 Å². The lowest BCUT2D eigenvalue weighted by Crippen LogP contribution is -1.99. The summed E-state index contributed by atoms with van der Waals surface area (Å²) in [6.07, 6.45) is 1.53. The van der Waals surface area contributed by atoms with E-state index in [1.165, 1.54) is 18.5 Å². The monoisotopic (exact) mass is 455 g/mol. The number of ether oxygens (including phenoxy) is 1. The Hall–Kier alpha value is -3.96. The summed E-state index contributed by atoms with van der Waals surface area (Å²) in [7, 11) is 0. The molecule has 4 aromatic carbocycles. The largest absolute Gasteiger partial charge is 0.487 e. The van der Waals surface area contributed by atoms with Crippen molar-refractivity contribution in [3.05, 3.63) is 114 Å². The molecule has 0 spiro atoms. The van der Waals surface area contributed by atoms with Crippen molar-refractivity contribution in [3.63, 3.8) is 0 Å². The number of nitrogens with zero attached hydrogens (tertiary/aromatic N) is 2. The van der Waals surface area contributed by atoms with Crippen LogP contribution in [0.15, 0.2) is 97.3 Å². The fraction of sp³-hybridized carbons (Fsp3) is 0.0370. The van der Waals surface area contributed by atoms with E-state index in [1.54, 1.807) is 24.3 Å². The minimum absolute atomic E-state index is 0.225. The quantitative estimate of drug-likeness (QED) is 0.289. The third-order valence-electron chi connectivity index (χ3n) is 5.22. The molecule has 5 rings (SSSR count). The van der Waals surface area contributed by atoms with Crippen LogP contribution in [-0.2, 0) is 6.61 Å². The Kier molecular flexibility index (Phi) is 5.87. The molecule has 162 valence electrons. The molecule has 0 aliphatic rings. The number of anilines is 2. The minimum Gasteiger partial charge on any atom is -0.487 e. The van der Waals surface area contributed by atoms with Crippen molar-refractivity contribution < 1.29 is 9.13 Å². The first-order valence-corrected chi connectivity index (χ1v) is 10.8. The van der Waals surface area contributed by atoms with Crippen molar-refractivity contribution in [2.24, 2.45) is 0 Å². The molecule has 33 heavy (non-hydrogen) atoms. The molecule has 1 heterocycles. The lowest BCUT2D eigenvalue weighted by atomic mass is 10.0. The molecule has 0 radical (unpaired) electrons. The molecule has 0 bridgehead atoms. The fourth-order valence-electron chi connectivity index (χ4n) is 3.59. The Morgan fingerprint density at radius 1 is 0.818 bits per heavy atom. The lowest BCUT2D eigenvalue weighted by molar-refractivity contribution is 0.306. The van der Waals surface area contributed by atoms with Crippen molar-refractivity contribution in [2.75, 3.05) is 5.32 Å². The van der Waals surface area contributed by atoms with Gasteiger partial charge in [-0.1, -0.05) is 60.1 Å². The van der Waals surface area contributed by atoms with Crippen LogP contribution in [0.25, 0.3) is 22.0 Å². The zero-order chi connectivity index (χ0) is 22.6. The first-order chi connectivity index (χ1) is 16.2. The van der Waals surface area contributed by atoms with Crippen LogP contribution in [0.2, 0.25) is 5.02 Å². The summed E-state index contributed by atoms with van der Waals surface area (Å²) in [4.78, 5) is 8.83. The smallest absolute Gasteiger partial charge is 0.141 e. The standard InChI is InChI=1S/C27H19ClFN3O/c28-24-15-22(10-12-26(24)33-16-18-5-4-8-21(29)13-18)32-27-23-14-20(19-6-2-1-3-7-19)9-11-25(23)30-17-31-27/h1-15,17H,16H2,(H,30,31,32). The second-order valence-electron chi connectivity index (χ2n) is 7.51. The van der Waals surface area contributed by atoms with Gasteiger partial charge in [-0.3, -0.25) is 0 Å². The van der Waals surface area contributed by atoms with Crippen molar-refractivity contribution in [1.29, 1.82) is 0 Å². The van der Waals surface area contributed by atoms with Crippen LogP contribution in [0.1, 0.15) is 5.56 Å². The van der Waals surface area contributed by atoms with Gasteiger partial charge in [-0.05, 0) is 59.2 Å². The van der Waals surface area contributed by atoms with Crippen molar-refractivity contribution >= 4 is 34.0 Å². The van der Waals surface area contributed by atoms with Crippen LogP contribution in [0.5, 0.6) is 5.75 Å². The molecular weight excluding hydrogens is 437 g/mol. The van der Waals surface area contributed by atoms with Gasteiger partial charge < -0.3 is 10.1 Å². The van der Waals surface area contributed by atoms with Crippen LogP contribution in [0.3, 0.4) is 0 Å². The fourth-order valence-corrected chi connectivity index (χ4v) is 3.82. The highest BCUT2D eigenvalue weighted by Gasteiger charge is 2.09. The SMILES string of the molecule is Fc1cccc(COc2ccc(Nc3ncnc4ccc(-c5ccccc5)cc34)cc2Cl)c1. The average Bonchev–Trinajstić information content (AvgIpc) is 2.84. The molecule has 0 amide bonds. The van der Waals surface area contributed by atoms with Gasteiger partial charge in [0.1, 0.15) is 30.3 Å². The third kappa shape index (κ3) is 4.78. The van der Waals surface area contributed by atoms with Gasteiger partial charge in [0.15, 0.2) is 0 Å². The second kappa shape index (κ2) is 9.27. The van der Waals surface area contributed by atoms with E-state index >= 15 is 0 Å². The van der Waals surface area contributed by atoms with Crippen molar-refractivity contribution in [2.45, 2.75) is 6.61 Å². The molecule has 6 heteroatoms. The summed E-state index contributed by atoms with van der Waals surface area (Å²) in [6, 6.07) is 28.0. The predicted molar refractivity (Wildman–Crippen MR) is 130 cm³/mol. The van der Waals surface area contributed by atoms with Crippen molar-refractivity contribution in [1.82, 2.24) is 9.97 Å². The highest BCUT2D eigenvalue weighted by Crippen LogP contribution is 2.32. The molecule has 0 saturated carbocycles. The van der Waals surface area contributed by atoms with E-state index in [-0.39, 0.29) is 12.4 Å². The normalized spacial score (nSPS) is 10.8.